The van der Waals surface area contributed by atoms with Gasteiger partial charge in [0, 0.05) is 0 Å². The van der Waals surface area contributed by atoms with Crippen LogP contribution >= 0.6 is 0 Å². The molecule has 0 bridgehead atoms. The molecular weight excluding hydrogens is 161 g/mol. The number of hydrogen-bond acceptors (Lipinski definition) is 0. The molecule has 0 aliphatic heterocycles. The molecule has 1 rings (SSSR count). The summed E-state index contributed by atoms with van der Waals surface area (Å²) in [5.74, 6) is 0.598. The molecule has 0 unspecified atom stereocenters. The number of aromatic amines is 1. The summed E-state index contributed by atoms with van der Waals surface area (Å²) in [6.07, 6.45) is 0. The van der Waals surface area contributed by atoms with Crippen LogP contribution in [0.25, 0.3) is 0 Å². The molecule has 0 aromatic carbocycles. The fourth-order valence-corrected chi connectivity index (χ4v) is 1.08. The molecule has 0 aliphatic rings. The second-order valence-corrected chi connectivity index (χ2v) is 3.06. The maximum atomic E-state index is 3.29. The molecule has 0 saturated carbocycles. The van der Waals surface area contributed by atoms with Crippen LogP contribution in [0.15, 0.2) is 12.1 Å². The molecule has 0 atom stereocenters. The van der Waals surface area contributed by atoms with Crippen molar-refractivity contribution in [1.29, 1.82) is 0 Å². The van der Waals surface area contributed by atoms with Crippen LogP contribution < -0.4 is 0 Å². The Morgan fingerprint density at radius 2 is 2.20 bits per heavy atom. The molecule has 1 N–H and O–H groups in total. The van der Waals surface area contributed by atoms with Crippen LogP contribution in [0, 0.1) is 0 Å². The van der Waals surface area contributed by atoms with E-state index in [2.05, 4.69) is 47.9 Å². The van der Waals surface area contributed by atoms with E-state index in [0.717, 1.165) is 0 Å². The van der Waals surface area contributed by atoms with Crippen LogP contribution in [0.4, 0.5) is 0 Å². The number of H-pyrrole nitrogens is 1. The van der Waals surface area contributed by atoms with Crippen molar-refractivity contribution in [3.8, 4) is 0 Å². The van der Waals surface area contributed by atoms with E-state index >= 15 is 0 Å². The standard InChI is InChI=1S/C8H11N.V/c1-6(2)8-5-4-7(3)9-8;/h3-6,9H,1-2H3;. The predicted octanol–water partition coefficient (Wildman–Crippen LogP) is 1.84. The van der Waals surface area contributed by atoms with Crippen molar-refractivity contribution in [2.24, 2.45) is 0 Å². The molecule has 0 fully saturated rings. The van der Waals surface area contributed by atoms with Gasteiger partial charge < -0.3 is 0 Å². The summed E-state index contributed by atoms with van der Waals surface area (Å²) >= 11 is 2.45. The fourth-order valence-electron chi connectivity index (χ4n) is 0.842. The van der Waals surface area contributed by atoms with Gasteiger partial charge in [0.1, 0.15) is 0 Å². The molecule has 0 amide bonds. The van der Waals surface area contributed by atoms with Gasteiger partial charge in [-0.3, -0.25) is 0 Å². The second kappa shape index (κ2) is 3.22. The van der Waals surface area contributed by atoms with Gasteiger partial charge in [-0.05, 0) is 0 Å². The molecule has 1 aromatic heterocycles. The molecule has 0 saturated heterocycles. The Bertz CT molecular complexity index is 225. The first kappa shape index (κ1) is 7.84. The van der Waals surface area contributed by atoms with Crippen molar-refractivity contribution >= 4 is 4.73 Å². The second-order valence-electron chi connectivity index (χ2n) is 2.65. The normalized spacial score (nSPS) is 10.2. The molecule has 0 spiro atoms. The maximum absolute atomic E-state index is 3.29. The molecule has 1 nitrogen and oxygen atoms in total. The van der Waals surface area contributed by atoms with E-state index in [1.807, 2.05) is 4.73 Å². The fraction of sp³-hybridized carbons (Fsp3) is 0.375. The van der Waals surface area contributed by atoms with Gasteiger partial charge in [-0.25, -0.2) is 0 Å². The Morgan fingerprint density at radius 3 is 2.50 bits per heavy atom. The first-order valence-corrected chi connectivity index (χ1v) is 4.21. The van der Waals surface area contributed by atoms with Crippen LogP contribution in [0.5, 0.6) is 0 Å². The zero-order valence-electron chi connectivity index (χ0n) is 6.26. The monoisotopic (exact) mass is 172 g/mol. The summed E-state index contributed by atoms with van der Waals surface area (Å²) in [4.78, 5) is 3.29. The number of aromatic nitrogens is 1. The van der Waals surface area contributed by atoms with Crippen molar-refractivity contribution in [2.75, 3.05) is 0 Å². The van der Waals surface area contributed by atoms with Crippen LogP contribution in [0.2, 0.25) is 0 Å². The van der Waals surface area contributed by atoms with Gasteiger partial charge in [0.15, 0.2) is 0 Å². The number of rotatable bonds is 2. The first-order valence-electron chi connectivity index (χ1n) is 3.40. The molecular formula is C8H11NV. The van der Waals surface area contributed by atoms with Crippen LogP contribution in [-0.2, 0) is 17.0 Å². The van der Waals surface area contributed by atoms with Gasteiger partial charge in [0.05, 0.1) is 0 Å². The molecule has 1 aromatic rings. The van der Waals surface area contributed by atoms with E-state index in [1.165, 1.54) is 11.4 Å². The number of nitrogens with one attached hydrogen (secondary N) is 1. The summed E-state index contributed by atoms with van der Waals surface area (Å²) in [6.45, 7) is 4.36. The zero-order valence-corrected chi connectivity index (χ0v) is 7.65. The average molecular weight is 172 g/mol. The van der Waals surface area contributed by atoms with E-state index in [1.54, 1.807) is 0 Å². The third-order valence-electron chi connectivity index (χ3n) is 1.49. The topological polar surface area (TPSA) is 15.8 Å². The minimum atomic E-state index is 0.598. The Morgan fingerprint density at radius 1 is 1.50 bits per heavy atom. The van der Waals surface area contributed by atoms with Crippen LogP contribution in [0.3, 0.4) is 0 Å². The Kier molecular flexibility index (Phi) is 2.53. The van der Waals surface area contributed by atoms with Gasteiger partial charge in [-0.15, -0.1) is 0 Å². The molecule has 0 radical (unpaired) electrons. The van der Waals surface area contributed by atoms with E-state index < -0.39 is 0 Å². The first-order chi connectivity index (χ1) is 4.74. The average Bonchev–Trinajstić information content (AvgIpc) is 2.34. The summed E-state index contributed by atoms with van der Waals surface area (Å²) in [6, 6.07) is 4.22. The van der Waals surface area contributed by atoms with E-state index in [-0.39, 0.29) is 0 Å². The Labute approximate surface area is 70.3 Å². The van der Waals surface area contributed by atoms with Crippen LogP contribution in [0.1, 0.15) is 31.2 Å². The molecule has 10 heavy (non-hydrogen) atoms. The molecule has 53 valence electrons. The van der Waals surface area contributed by atoms with Crippen molar-refractivity contribution in [1.82, 2.24) is 4.98 Å². The third kappa shape index (κ3) is 1.62. The third-order valence-corrected chi connectivity index (χ3v) is 1.93. The molecule has 2 heteroatoms. The van der Waals surface area contributed by atoms with Gasteiger partial charge in [-0.1, -0.05) is 0 Å². The van der Waals surface area contributed by atoms with Gasteiger partial charge in [0.2, 0.25) is 0 Å². The van der Waals surface area contributed by atoms with Crippen molar-refractivity contribution in [3.63, 3.8) is 0 Å². The summed E-state index contributed by atoms with van der Waals surface area (Å²) in [7, 11) is 0. The molecule has 1 heterocycles. The Hall–Kier alpha value is -0.266. The van der Waals surface area contributed by atoms with Crippen molar-refractivity contribution in [3.05, 3.63) is 23.5 Å². The minimum absolute atomic E-state index is 0.598. The summed E-state index contributed by atoms with van der Waals surface area (Å²) in [5.41, 5.74) is 2.49. The quantitative estimate of drug-likeness (QED) is 0.700. The van der Waals surface area contributed by atoms with E-state index in [4.69, 9.17) is 0 Å². The summed E-state index contributed by atoms with van der Waals surface area (Å²) in [5, 5.41) is 0. The predicted molar refractivity (Wildman–Crippen MR) is 40.0 cm³/mol. The van der Waals surface area contributed by atoms with Crippen molar-refractivity contribution < 1.29 is 17.0 Å². The Balaban J connectivity index is 2.88. The van der Waals surface area contributed by atoms with Gasteiger partial charge >= 0.3 is 70.0 Å². The number of hydrogen-bond donors (Lipinski definition) is 1. The SMILES string of the molecule is CC(C)c1ccc([CH]=[V])[nH]1. The molecule has 0 aliphatic carbocycles. The summed E-state index contributed by atoms with van der Waals surface area (Å²) < 4.78 is 2.01. The van der Waals surface area contributed by atoms with Crippen LogP contribution in [-0.4, -0.2) is 9.71 Å². The van der Waals surface area contributed by atoms with Gasteiger partial charge in [-0.2, -0.15) is 0 Å². The van der Waals surface area contributed by atoms with E-state index in [0.29, 0.717) is 5.92 Å². The van der Waals surface area contributed by atoms with Crippen molar-refractivity contribution in [2.45, 2.75) is 19.8 Å². The zero-order chi connectivity index (χ0) is 7.56. The van der Waals surface area contributed by atoms with E-state index in [9.17, 15) is 0 Å². The van der Waals surface area contributed by atoms with Gasteiger partial charge in [0.25, 0.3) is 0 Å².